The van der Waals surface area contributed by atoms with Crippen LogP contribution in [0.5, 0.6) is 0 Å². The molecular formula is C19H31ClIN3O2. The number of nitrogens with one attached hydrogen (secondary N) is 2. The lowest BCUT2D eigenvalue weighted by molar-refractivity contribution is 0.0203. The Hall–Kier alpha value is -0.570. The molecule has 0 atom stereocenters. The van der Waals surface area contributed by atoms with Gasteiger partial charge in [-0.15, -0.1) is 24.0 Å². The van der Waals surface area contributed by atoms with Gasteiger partial charge in [-0.3, -0.25) is 4.99 Å². The lowest BCUT2D eigenvalue weighted by atomic mass is 10.0. The van der Waals surface area contributed by atoms with Gasteiger partial charge in [0, 0.05) is 51.6 Å². The lowest BCUT2D eigenvalue weighted by Crippen LogP contribution is -2.39. The molecule has 1 aromatic rings. The minimum absolute atomic E-state index is 0. The quantitative estimate of drug-likeness (QED) is 0.238. The molecule has 1 aromatic carbocycles. The highest BCUT2D eigenvalue weighted by Gasteiger charge is 2.13. The zero-order valence-electron chi connectivity index (χ0n) is 15.5. The Morgan fingerprint density at radius 2 is 1.96 bits per heavy atom. The second-order valence-electron chi connectivity index (χ2n) is 6.25. The molecule has 148 valence electrons. The predicted octanol–water partition coefficient (Wildman–Crippen LogP) is 3.50. The van der Waals surface area contributed by atoms with E-state index in [0.717, 1.165) is 81.7 Å². The average Bonchev–Trinajstić information content (AvgIpc) is 2.65. The van der Waals surface area contributed by atoms with Crippen molar-refractivity contribution in [3.05, 3.63) is 34.9 Å². The second kappa shape index (κ2) is 14.5. The monoisotopic (exact) mass is 495 g/mol. The van der Waals surface area contributed by atoms with Crippen LogP contribution in [0, 0.1) is 5.92 Å². The van der Waals surface area contributed by atoms with Crippen LogP contribution in [0.3, 0.4) is 0 Å². The van der Waals surface area contributed by atoms with Crippen LogP contribution < -0.4 is 10.6 Å². The fourth-order valence-corrected chi connectivity index (χ4v) is 3.01. The summed E-state index contributed by atoms with van der Waals surface area (Å²) in [6.45, 7) is 5.04. The molecule has 0 radical (unpaired) electrons. The second-order valence-corrected chi connectivity index (χ2v) is 6.66. The third-order valence-electron chi connectivity index (χ3n) is 4.32. The van der Waals surface area contributed by atoms with Crippen LogP contribution in [-0.4, -0.2) is 52.5 Å². The molecule has 1 aliphatic heterocycles. The molecule has 0 spiro atoms. The first-order valence-electron chi connectivity index (χ1n) is 9.13. The number of nitrogens with zero attached hydrogens (tertiary/aromatic N) is 1. The Balaban J connectivity index is 0.00000338. The van der Waals surface area contributed by atoms with E-state index in [-0.39, 0.29) is 24.0 Å². The van der Waals surface area contributed by atoms with Gasteiger partial charge in [0.25, 0.3) is 0 Å². The van der Waals surface area contributed by atoms with Gasteiger partial charge >= 0.3 is 0 Å². The molecule has 0 amide bonds. The van der Waals surface area contributed by atoms with Crippen LogP contribution in [0.25, 0.3) is 0 Å². The van der Waals surface area contributed by atoms with Crippen molar-refractivity contribution in [3.63, 3.8) is 0 Å². The van der Waals surface area contributed by atoms with Crippen LogP contribution in [0.4, 0.5) is 0 Å². The summed E-state index contributed by atoms with van der Waals surface area (Å²) in [6, 6.07) is 7.93. The Kier molecular flexibility index (Phi) is 13.1. The Bertz CT molecular complexity index is 525. The largest absolute Gasteiger partial charge is 0.381 e. The number of benzene rings is 1. The summed E-state index contributed by atoms with van der Waals surface area (Å²) < 4.78 is 11.1. The van der Waals surface area contributed by atoms with Crippen molar-refractivity contribution in [1.29, 1.82) is 0 Å². The van der Waals surface area contributed by atoms with E-state index in [9.17, 15) is 0 Å². The average molecular weight is 496 g/mol. The van der Waals surface area contributed by atoms with Crippen molar-refractivity contribution in [1.82, 2.24) is 10.6 Å². The maximum absolute atomic E-state index is 6.17. The summed E-state index contributed by atoms with van der Waals surface area (Å²) in [5, 5.41) is 7.44. The van der Waals surface area contributed by atoms with Crippen molar-refractivity contribution >= 4 is 41.5 Å². The van der Waals surface area contributed by atoms with Crippen molar-refractivity contribution in [2.45, 2.75) is 25.7 Å². The van der Waals surface area contributed by atoms with Crippen LogP contribution in [0.15, 0.2) is 29.3 Å². The van der Waals surface area contributed by atoms with E-state index in [2.05, 4.69) is 21.7 Å². The zero-order valence-corrected chi connectivity index (χ0v) is 18.6. The number of guanidine groups is 1. The highest BCUT2D eigenvalue weighted by molar-refractivity contribution is 14.0. The normalized spacial score (nSPS) is 15.4. The maximum atomic E-state index is 6.17. The van der Waals surface area contributed by atoms with Gasteiger partial charge in [-0.25, -0.2) is 0 Å². The first-order valence-corrected chi connectivity index (χ1v) is 9.51. The third-order valence-corrected chi connectivity index (χ3v) is 4.69. The molecule has 0 aliphatic carbocycles. The third kappa shape index (κ3) is 9.39. The first-order chi connectivity index (χ1) is 12.3. The van der Waals surface area contributed by atoms with E-state index in [1.807, 2.05) is 18.2 Å². The zero-order chi connectivity index (χ0) is 17.7. The fourth-order valence-electron chi connectivity index (χ4n) is 2.78. The summed E-state index contributed by atoms with van der Waals surface area (Å²) in [5.41, 5.74) is 1.15. The molecule has 0 bridgehead atoms. The lowest BCUT2D eigenvalue weighted by Gasteiger charge is -2.21. The minimum Gasteiger partial charge on any atom is -0.381 e. The van der Waals surface area contributed by atoms with Gasteiger partial charge in [0.1, 0.15) is 0 Å². The van der Waals surface area contributed by atoms with Crippen molar-refractivity contribution < 1.29 is 9.47 Å². The van der Waals surface area contributed by atoms with Crippen LogP contribution in [0.2, 0.25) is 5.02 Å². The van der Waals surface area contributed by atoms with E-state index in [0.29, 0.717) is 5.92 Å². The van der Waals surface area contributed by atoms with Gasteiger partial charge in [0.05, 0.1) is 0 Å². The van der Waals surface area contributed by atoms with E-state index in [1.54, 1.807) is 7.05 Å². The van der Waals surface area contributed by atoms with E-state index < -0.39 is 0 Å². The summed E-state index contributed by atoms with van der Waals surface area (Å²) in [7, 11) is 1.78. The van der Waals surface area contributed by atoms with Crippen LogP contribution in [0.1, 0.15) is 24.8 Å². The molecule has 1 heterocycles. The molecule has 1 saturated heterocycles. The van der Waals surface area contributed by atoms with Crippen molar-refractivity contribution in [2.75, 3.05) is 46.6 Å². The number of halogens is 2. The van der Waals surface area contributed by atoms with Crippen molar-refractivity contribution in [3.8, 4) is 0 Å². The van der Waals surface area contributed by atoms with Gasteiger partial charge in [-0.1, -0.05) is 29.8 Å². The van der Waals surface area contributed by atoms with E-state index in [1.165, 1.54) is 0 Å². The summed E-state index contributed by atoms with van der Waals surface area (Å²) in [6.07, 6.45) is 4.09. The van der Waals surface area contributed by atoms with Gasteiger partial charge < -0.3 is 20.1 Å². The predicted molar refractivity (Wildman–Crippen MR) is 119 cm³/mol. The molecule has 0 unspecified atom stereocenters. The van der Waals surface area contributed by atoms with Gasteiger partial charge in [-0.05, 0) is 43.2 Å². The molecular weight excluding hydrogens is 465 g/mol. The molecule has 0 aromatic heterocycles. The number of ether oxygens (including phenoxy) is 2. The summed E-state index contributed by atoms with van der Waals surface area (Å²) >= 11 is 6.17. The topological polar surface area (TPSA) is 54.9 Å². The minimum atomic E-state index is 0. The highest BCUT2D eigenvalue weighted by atomic mass is 127. The molecule has 2 rings (SSSR count). The Morgan fingerprint density at radius 3 is 2.69 bits per heavy atom. The first kappa shape index (κ1) is 23.5. The maximum Gasteiger partial charge on any atom is 0.190 e. The van der Waals surface area contributed by atoms with Gasteiger partial charge in [0.15, 0.2) is 5.96 Å². The molecule has 7 heteroatoms. The molecule has 1 fully saturated rings. The highest BCUT2D eigenvalue weighted by Crippen LogP contribution is 2.15. The molecule has 2 N–H and O–H groups in total. The summed E-state index contributed by atoms with van der Waals surface area (Å²) in [4.78, 5) is 4.24. The van der Waals surface area contributed by atoms with Gasteiger partial charge in [0.2, 0.25) is 0 Å². The Labute approximate surface area is 179 Å². The Morgan fingerprint density at radius 1 is 1.23 bits per heavy atom. The molecule has 0 saturated carbocycles. The number of hydrogen-bond donors (Lipinski definition) is 2. The van der Waals surface area contributed by atoms with Crippen molar-refractivity contribution in [2.24, 2.45) is 10.9 Å². The number of aliphatic imine (C=N–C) groups is 1. The van der Waals surface area contributed by atoms with Crippen LogP contribution in [-0.2, 0) is 15.9 Å². The molecule has 5 nitrogen and oxygen atoms in total. The summed E-state index contributed by atoms with van der Waals surface area (Å²) in [5.74, 6) is 1.48. The standard InChI is InChI=1S/C19H30ClN3O2.HI/c1-21-19(23-11-7-17-5-2-3-6-18(17)20)22-10-4-12-25-15-16-8-13-24-14-9-16;/h2-3,5-6,16H,4,7-15H2,1H3,(H2,21,22,23);1H. The SMILES string of the molecule is CN=C(NCCCOCC1CCOCC1)NCCc1ccccc1Cl.I. The fraction of sp³-hybridized carbons (Fsp3) is 0.632. The van der Waals surface area contributed by atoms with E-state index in [4.69, 9.17) is 21.1 Å². The molecule has 1 aliphatic rings. The smallest absolute Gasteiger partial charge is 0.190 e. The number of hydrogen-bond acceptors (Lipinski definition) is 3. The molecule has 26 heavy (non-hydrogen) atoms. The van der Waals surface area contributed by atoms with Gasteiger partial charge in [-0.2, -0.15) is 0 Å². The number of rotatable bonds is 9. The van der Waals surface area contributed by atoms with Crippen LogP contribution >= 0.6 is 35.6 Å². The van der Waals surface area contributed by atoms with E-state index >= 15 is 0 Å².